The van der Waals surface area contributed by atoms with Crippen molar-refractivity contribution >= 4 is 21.6 Å². The minimum absolute atomic E-state index is 0.0870. The molecule has 1 aliphatic heterocycles. The summed E-state index contributed by atoms with van der Waals surface area (Å²) in [5.41, 5.74) is 0.907. The molecule has 1 aromatic carbocycles. The van der Waals surface area contributed by atoms with Gasteiger partial charge in [-0.15, -0.1) is 0 Å². The van der Waals surface area contributed by atoms with Gasteiger partial charge in [-0.2, -0.15) is 4.31 Å². The number of carbonyl (C=O) groups excluding carboxylic acids is 1. The molecule has 1 aromatic heterocycles. The maximum atomic E-state index is 13.1. The van der Waals surface area contributed by atoms with Crippen molar-refractivity contribution < 1.29 is 27.2 Å². The predicted molar refractivity (Wildman–Crippen MR) is 124 cm³/mol. The second kappa shape index (κ2) is 11.0. The minimum Gasteiger partial charge on any atom is -0.490 e. The Morgan fingerprint density at radius 1 is 1.18 bits per heavy atom. The third-order valence-electron chi connectivity index (χ3n) is 5.46. The number of benzene rings is 1. The largest absolute Gasteiger partial charge is 0.490 e. The van der Waals surface area contributed by atoms with Crippen molar-refractivity contribution in [1.82, 2.24) is 9.46 Å². The van der Waals surface area contributed by atoms with Crippen LogP contribution in [0.25, 0.3) is 0 Å². The second-order valence-electron chi connectivity index (χ2n) is 8.20. The van der Waals surface area contributed by atoms with Crippen LogP contribution in [-0.4, -0.2) is 50.1 Å². The van der Waals surface area contributed by atoms with E-state index in [1.807, 2.05) is 13.8 Å². The van der Waals surface area contributed by atoms with Gasteiger partial charge < -0.3 is 19.3 Å². The van der Waals surface area contributed by atoms with E-state index in [-0.39, 0.29) is 23.1 Å². The Morgan fingerprint density at radius 3 is 2.52 bits per heavy atom. The van der Waals surface area contributed by atoms with E-state index in [0.29, 0.717) is 55.5 Å². The molecule has 182 valence electrons. The van der Waals surface area contributed by atoms with Crippen LogP contribution in [0.2, 0.25) is 0 Å². The lowest BCUT2D eigenvalue weighted by molar-refractivity contribution is -0.120. The van der Waals surface area contributed by atoms with Gasteiger partial charge in [0.05, 0.1) is 19.1 Å². The summed E-state index contributed by atoms with van der Waals surface area (Å²) in [5, 5.41) is 6.67. The highest BCUT2D eigenvalue weighted by molar-refractivity contribution is 7.89. The molecule has 0 spiro atoms. The van der Waals surface area contributed by atoms with Gasteiger partial charge >= 0.3 is 0 Å². The SMILES string of the molecule is CCCOc1ccc(NC(=O)C2CCCN(S(=O)(=O)c3c(C)noc3C)C2)cc1OCCC. The van der Waals surface area contributed by atoms with Gasteiger partial charge in [-0.05, 0) is 51.7 Å². The number of ether oxygens (including phenoxy) is 2. The molecule has 1 saturated heterocycles. The molecule has 0 saturated carbocycles. The normalized spacial score (nSPS) is 17.0. The van der Waals surface area contributed by atoms with Gasteiger partial charge in [0.2, 0.25) is 15.9 Å². The van der Waals surface area contributed by atoms with Gasteiger partial charge in [-0.25, -0.2) is 8.42 Å². The lowest BCUT2D eigenvalue weighted by Gasteiger charge is -2.31. The Labute approximate surface area is 195 Å². The van der Waals surface area contributed by atoms with E-state index in [1.165, 1.54) is 4.31 Å². The number of anilines is 1. The maximum absolute atomic E-state index is 13.1. The topological polar surface area (TPSA) is 111 Å². The standard InChI is InChI=1S/C23H33N3O6S/c1-5-12-30-20-10-9-19(14-21(20)31-13-6-2)24-23(27)18-8-7-11-26(15-18)33(28,29)22-16(3)25-32-17(22)4/h9-10,14,18H,5-8,11-13,15H2,1-4H3,(H,24,27). The molecule has 0 bridgehead atoms. The first-order chi connectivity index (χ1) is 15.8. The molecule has 33 heavy (non-hydrogen) atoms. The Kier molecular flexibility index (Phi) is 8.36. The van der Waals surface area contributed by atoms with E-state index >= 15 is 0 Å². The summed E-state index contributed by atoms with van der Waals surface area (Å²) in [5.74, 6) is 0.776. The van der Waals surface area contributed by atoms with Crippen LogP contribution in [-0.2, 0) is 14.8 Å². The van der Waals surface area contributed by atoms with E-state index < -0.39 is 15.9 Å². The number of nitrogens with zero attached hydrogens (tertiary/aromatic N) is 2. The van der Waals surface area contributed by atoms with E-state index in [4.69, 9.17) is 14.0 Å². The smallest absolute Gasteiger partial charge is 0.248 e. The summed E-state index contributed by atoms with van der Waals surface area (Å²) >= 11 is 0. The first kappa shape index (κ1) is 25.0. The lowest BCUT2D eigenvalue weighted by Crippen LogP contribution is -2.43. The summed E-state index contributed by atoms with van der Waals surface area (Å²) in [6.07, 6.45) is 2.92. The van der Waals surface area contributed by atoms with Crippen LogP contribution in [0, 0.1) is 19.8 Å². The molecule has 3 rings (SSSR count). The van der Waals surface area contributed by atoms with E-state index in [1.54, 1.807) is 32.0 Å². The summed E-state index contributed by atoms with van der Waals surface area (Å²) in [6.45, 7) is 8.80. The molecular weight excluding hydrogens is 446 g/mol. The molecule has 1 fully saturated rings. The van der Waals surface area contributed by atoms with Gasteiger partial charge in [0, 0.05) is 24.8 Å². The minimum atomic E-state index is -3.79. The molecule has 2 heterocycles. The quantitative estimate of drug-likeness (QED) is 0.550. The molecule has 0 radical (unpaired) electrons. The predicted octanol–water partition coefficient (Wildman–Crippen LogP) is 3.91. The highest BCUT2D eigenvalue weighted by Crippen LogP contribution is 2.32. The van der Waals surface area contributed by atoms with Crippen LogP contribution in [0.3, 0.4) is 0 Å². The van der Waals surface area contributed by atoms with Crippen LogP contribution in [0.5, 0.6) is 11.5 Å². The fourth-order valence-corrected chi connectivity index (χ4v) is 5.65. The average molecular weight is 480 g/mol. The third-order valence-corrected chi connectivity index (χ3v) is 7.57. The highest BCUT2D eigenvalue weighted by Gasteiger charge is 2.36. The molecule has 1 amide bonds. The number of carbonyl (C=O) groups is 1. The van der Waals surface area contributed by atoms with Crippen molar-refractivity contribution in [3.63, 3.8) is 0 Å². The molecule has 1 unspecified atom stereocenters. The number of aromatic nitrogens is 1. The molecule has 1 aliphatic rings. The van der Waals surface area contributed by atoms with Gasteiger partial charge in [0.1, 0.15) is 10.6 Å². The molecule has 10 heteroatoms. The molecular formula is C23H33N3O6S. The number of amides is 1. The number of piperidine rings is 1. The zero-order valence-corrected chi connectivity index (χ0v) is 20.5. The lowest BCUT2D eigenvalue weighted by atomic mass is 9.98. The Hall–Kier alpha value is -2.59. The van der Waals surface area contributed by atoms with Crippen molar-refractivity contribution in [3.05, 3.63) is 29.7 Å². The van der Waals surface area contributed by atoms with Crippen LogP contribution >= 0.6 is 0 Å². The van der Waals surface area contributed by atoms with Crippen molar-refractivity contribution in [2.75, 3.05) is 31.6 Å². The maximum Gasteiger partial charge on any atom is 0.248 e. The van der Waals surface area contributed by atoms with Gasteiger partial charge in [0.25, 0.3) is 0 Å². The van der Waals surface area contributed by atoms with Gasteiger partial charge in [-0.1, -0.05) is 19.0 Å². The summed E-state index contributed by atoms with van der Waals surface area (Å²) in [4.78, 5) is 13.1. The molecule has 0 aliphatic carbocycles. The molecule has 1 atom stereocenters. The number of hydrogen-bond acceptors (Lipinski definition) is 7. The van der Waals surface area contributed by atoms with E-state index in [9.17, 15) is 13.2 Å². The highest BCUT2D eigenvalue weighted by atomic mass is 32.2. The number of aryl methyl sites for hydroxylation is 2. The third kappa shape index (κ3) is 5.86. The Balaban J connectivity index is 1.72. The van der Waals surface area contributed by atoms with Crippen molar-refractivity contribution in [1.29, 1.82) is 0 Å². The molecule has 9 nitrogen and oxygen atoms in total. The molecule has 2 aromatic rings. The number of sulfonamides is 1. The zero-order valence-electron chi connectivity index (χ0n) is 19.7. The van der Waals surface area contributed by atoms with Crippen molar-refractivity contribution in [2.45, 2.75) is 58.3 Å². The first-order valence-electron chi connectivity index (χ1n) is 11.4. The summed E-state index contributed by atoms with van der Waals surface area (Å²) in [6, 6.07) is 5.30. The van der Waals surface area contributed by atoms with Gasteiger partial charge in [0.15, 0.2) is 17.3 Å². The van der Waals surface area contributed by atoms with Crippen molar-refractivity contribution in [3.8, 4) is 11.5 Å². The van der Waals surface area contributed by atoms with Crippen LogP contribution in [0.4, 0.5) is 5.69 Å². The number of nitrogens with one attached hydrogen (secondary N) is 1. The Bertz CT molecular complexity index is 1050. The van der Waals surface area contributed by atoms with Crippen molar-refractivity contribution in [2.24, 2.45) is 5.92 Å². The summed E-state index contributed by atoms with van der Waals surface area (Å²) < 4.78 is 44.2. The number of hydrogen-bond donors (Lipinski definition) is 1. The van der Waals surface area contributed by atoms with Crippen LogP contribution in [0.15, 0.2) is 27.6 Å². The zero-order chi connectivity index (χ0) is 24.0. The van der Waals surface area contributed by atoms with E-state index in [0.717, 1.165) is 12.8 Å². The fourth-order valence-electron chi connectivity index (χ4n) is 3.83. The number of rotatable bonds is 10. The van der Waals surface area contributed by atoms with E-state index in [2.05, 4.69) is 10.5 Å². The second-order valence-corrected chi connectivity index (χ2v) is 10.1. The molecule has 1 N–H and O–H groups in total. The monoisotopic (exact) mass is 479 g/mol. The fraction of sp³-hybridized carbons (Fsp3) is 0.565. The first-order valence-corrected chi connectivity index (χ1v) is 12.8. The average Bonchev–Trinajstić information content (AvgIpc) is 3.15. The van der Waals surface area contributed by atoms with Crippen LogP contribution in [0.1, 0.15) is 51.0 Å². The van der Waals surface area contributed by atoms with Gasteiger partial charge in [-0.3, -0.25) is 4.79 Å². The summed E-state index contributed by atoms with van der Waals surface area (Å²) in [7, 11) is -3.79. The van der Waals surface area contributed by atoms with Crippen LogP contribution < -0.4 is 14.8 Å². The Morgan fingerprint density at radius 2 is 1.88 bits per heavy atom.